The summed E-state index contributed by atoms with van der Waals surface area (Å²) in [4.78, 5) is 13.6. The summed E-state index contributed by atoms with van der Waals surface area (Å²) < 4.78 is 5.63. The molecule has 0 radical (unpaired) electrons. The third kappa shape index (κ3) is 3.33. The minimum atomic E-state index is 0.738. The molecule has 0 atom stereocenters. The molecule has 2 heterocycles. The van der Waals surface area contributed by atoms with E-state index in [0.717, 1.165) is 38.6 Å². The largest absolute Gasteiger partial charge is 0.494 e. The van der Waals surface area contributed by atoms with Crippen LogP contribution >= 0.6 is 23.5 Å². The molecule has 4 rings (SSSR count). The Labute approximate surface area is 143 Å². The first-order chi connectivity index (χ1) is 11.3. The zero-order valence-corrected chi connectivity index (χ0v) is 14.4. The fourth-order valence-corrected chi connectivity index (χ4v) is 4.39. The van der Waals surface area contributed by atoms with Gasteiger partial charge in [0.1, 0.15) is 0 Å². The second-order valence-electron chi connectivity index (χ2n) is 5.45. The molecule has 0 amide bonds. The number of aromatic nitrogens is 3. The maximum Gasteiger partial charge on any atom is 0.166 e. The molecule has 1 aliphatic rings. The normalized spacial score (nSPS) is 14.3. The average Bonchev–Trinajstić information content (AvgIpc) is 3.29. The molecule has 3 aromatic rings. The molecule has 2 aromatic heterocycles. The number of H-pyrrole nitrogens is 1. The van der Waals surface area contributed by atoms with Crippen molar-refractivity contribution in [2.45, 2.75) is 33.9 Å². The summed E-state index contributed by atoms with van der Waals surface area (Å²) in [5.41, 5.74) is 3.03. The Hall–Kier alpha value is -1.66. The molecule has 1 aliphatic carbocycles. The third-order valence-electron chi connectivity index (χ3n) is 3.68. The van der Waals surface area contributed by atoms with Crippen molar-refractivity contribution in [2.75, 3.05) is 7.11 Å². The SMILES string of the molecule is COc1c(SC2CC2)ccnc1CSc1nc2ccccc2[nH]1. The van der Waals surface area contributed by atoms with Crippen LogP contribution in [0.5, 0.6) is 5.75 Å². The van der Waals surface area contributed by atoms with Gasteiger partial charge in [-0.1, -0.05) is 23.9 Å². The van der Waals surface area contributed by atoms with Crippen molar-refractivity contribution in [2.24, 2.45) is 0 Å². The van der Waals surface area contributed by atoms with Gasteiger partial charge in [-0.15, -0.1) is 11.8 Å². The first-order valence-electron chi connectivity index (χ1n) is 7.59. The topological polar surface area (TPSA) is 50.8 Å². The van der Waals surface area contributed by atoms with Gasteiger partial charge in [-0.25, -0.2) is 4.98 Å². The number of imidazole rings is 1. The van der Waals surface area contributed by atoms with E-state index in [4.69, 9.17) is 4.74 Å². The van der Waals surface area contributed by atoms with Gasteiger partial charge < -0.3 is 9.72 Å². The quantitative estimate of drug-likeness (QED) is 0.667. The number of methoxy groups -OCH3 is 1. The molecule has 1 saturated carbocycles. The summed E-state index contributed by atoms with van der Waals surface area (Å²) in [5.74, 6) is 1.65. The van der Waals surface area contributed by atoms with E-state index < -0.39 is 0 Å². The number of nitrogens with zero attached hydrogens (tertiary/aromatic N) is 2. The van der Waals surface area contributed by atoms with Gasteiger partial charge in [0.05, 0.1) is 28.7 Å². The lowest BCUT2D eigenvalue weighted by atomic mass is 10.3. The number of rotatable bonds is 6. The van der Waals surface area contributed by atoms with E-state index in [-0.39, 0.29) is 0 Å². The van der Waals surface area contributed by atoms with Gasteiger partial charge in [-0.05, 0) is 31.0 Å². The number of benzene rings is 1. The highest BCUT2D eigenvalue weighted by molar-refractivity contribution is 8.00. The second kappa shape index (κ2) is 6.45. The lowest BCUT2D eigenvalue weighted by molar-refractivity contribution is 0.398. The zero-order valence-electron chi connectivity index (χ0n) is 12.8. The van der Waals surface area contributed by atoms with Crippen LogP contribution in [0.25, 0.3) is 11.0 Å². The van der Waals surface area contributed by atoms with Crippen LogP contribution < -0.4 is 4.74 Å². The Bertz CT molecular complexity index is 797. The van der Waals surface area contributed by atoms with Gasteiger partial charge in [0, 0.05) is 17.2 Å². The average molecular weight is 343 g/mol. The van der Waals surface area contributed by atoms with Crippen LogP contribution in [0.1, 0.15) is 18.5 Å². The number of hydrogen-bond acceptors (Lipinski definition) is 5. The fourth-order valence-electron chi connectivity index (χ4n) is 2.39. The van der Waals surface area contributed by atoms with Gasteiger partial charge in [0.25, 0.3) is 0 Å². The summed E-state index contributed by atoms with van der Waals surface area (Å²) in [6, 6.07) is 10.1. The molecule has 1 fully saturated rings. The van der Waals surface area contributed by atoms with Crippen molar-refractivity contribution < 1.29 is 4.74 Å². The number of fused-ring (bicyclic) bond motifs is 1. The Morgan fingerprint density at radius 2 is 2.13 bits per heavy atom. The van der Waals surface area contributed by atoms with E-state index in [1.165, 1.54) is 17.7 Å². The minimum absolute atomic E-state index is 0.738. The van der Waals surface area contributed by atoms with Crippen molar-refractivity contribution in [1.29, 1.82) is 0 Å². The monoisotopic (exact) mass is 343 g/mol. The molecular formula is C17H17N3OS2. The molecule has 0 saturated heterocycles. The van der Waals surface area contributed by atoms with Gasteiger partial charge in [-0.2, -0.15) is 0 Å². The van der Waals surface area contributed by atoms with Crippen molar-refractivity contribution in [3.05, 3.63) is 42.2 Å². The number of para-hydroxylation sites is 2. The van der Waals surface area contributed by atoms with Crippen molar-refractivity contribution in [3.8, 4) is 5.75 Å². The first-order valence-corrected chi connectivity index (χ1v) is 9.46. The molecular weight excluding hydrogens is 326 g/mol. The van der Waals surface area contributed by atoms with Crippen LogP contribution in [0.2, 0.25) is 0 Å². The van der Waals surface area contributed by atoms with Gasteiger partial charge >= 0.3 is 0 Å². The van der Waals surface area contributed by atoms with Crippen LogP contribution in [0.3, 0.4) is 0 Å². The third-order valence-corrected chi connectivity index (χ3v) is 5.94. The standard InChI is InChI=1S/C17H17N3OS2/c1-21-16-14(18-9-8-15(16)23-11-6-7-11)10-22-17-19-12-4-2-3-5-13(12)20-17/h2-5,8-9,11H,6-7,10H2,1H3,(H,19,20). The van der Waals surface area contributed by atoms with Crippen molar-refractivity contribution in [3.63, 3.8) is 0 Å². The second-order valence-corrected chi connectivity index (χ2v) is 7.76. The van der Waals surface area contributed by atoms with Crippen LogP contribution in [0, 0.1) is 0 Å². The summed E-state index contributed by atoms with van der Waals surface area (Å²) in [5, 5.41) is 1.66. The number of hydrogen-bond donors (Lipinski definition) is 1. The lowest BCUT2D eigenvalue weighted by Gasteiger charge is -2.11. The van der Waals surface area contributed by atoms with E-state index in [2.05, 4.69) is 21.0 Å². The number of ether oxygens (including phenoxy) is 1. The van der Waals surface area contributed by atoms with Crippen LogP contribution in [-0.2, 0) is 5.75 Å². The predicted molar refractivity (Wildman–Crippen MR) is 95.3 cm³/mol. The smallest absolute Gasteiger partial charge is 0.166 e. The summed E-state index contributed by atoms with van der Waals surface area (Å²) >= 11 is 3.56. The predicted octanol–water partition coefficient (Wildman–Crippen LogP) is 4.51. The maximum atomic E-state index is 5.63. The lowest BCUT2D eigenvalue weighted by Crippen LogP contribution is -1.96. The summed E-state index contributed by atoms with van der Waals surface area (Å²) in [6.07, 6.45) is 4.49. The van der Waals surface area contributed by atoms with Gasteiger partial charge in [0.2, 0.25) is 0 Å². The summed E-state index contributed by atoms with van der Waals surface area (Å²) in [6.45, 7) is 0. The highest BCUT2D eigenvalue weighted by Crippen LogP contribution is 2.44. The molecule has 1 aromatic carbocycles. The van der Waals surface area contributed by atoms with Crippen molar-refractivity contribution >= 4 is 34.6 Å². The number of nitrogens with one attached hydrogen (secondary N) is 1. The maximum absolute atomic E-state index is 5.63. The Morgan fingerprint density at radius 1 is 1.26 bits per heavy atom. The first kappa shape index (κ1) is 14.9. The Kier molecular flexibility index (Phi) is 4.18. The minimum Gasteiger partial charge on any atom is -0.494 e. The molecule has 0 spiro atoms. The van der Waals surface area contributed by atoms with E-state index in [1.807, 2.05) is 42.2 Å². The molecule has 23 heavy (non-hydrogen) atoms. The van der Waals surface area contributed by atoms with Crippen LogP contribution in [0.15, 0.2) is 46.6 Å². The van der Waals surface area contributed by atoms with Crippen LogP contribution in [0.4, 0.5) is 0 Å². The van der Waals surface area contributed by atoms with Crippen molar-refractivity contribution in [1.82, 2.24) is 15.0 Å². The van der Waals surface area contributed by atoms with E-state index in [1.54, 1.807) is 18.9 Å². The molecule has 1 N–H and O–H groups in total. The molecule has 0 aliphatic heterocycles. The Balaban J connectivity index is 1.53. The van der Waals surface area contributed by atoms with Crippen LogP contribution in [-0.4, -0.2) is 27.3 Å². The van der Waals surface area contributed by atoms with E-state index >= 15 is 0 Å². The number of aromatic amines is 1. The number of thioether (sulfide) groups is 2. The molecule has 6 heteroatoms. The molecule has 4 nitrogen and oxygen atoms in total. The highest BCUT2D eigenvalue weighted by atomic mass is 32.2. The zero-order chi connectivity index (χ0) is 15.6. The molecule has 0 bridgehead atoms. The van der Waals surface area contributed by atoms with E-state index in [9.17, 15) is 0 Å². The number of pyridine rings is 1. The summed E-state index contributed by atoms with van der Waals surface area (Å²) in [7, 11) is 1.73. The molecule has 118 valence electrons. The molecule has 0 unspecified atom stereocenters. The van der Waals surface area contributed by atoms with E-state index in [0.29, 0.717) is 0 Å². The fraction of sp³-hybridized carbons (Fsp3) is 0.294. The van der Waals surface area contributed by atoms with Gasteiger partial charge in [-0.3, -0.25) is 4.98 Å². The highest BCUT2D eigenvalue weighted by Gasteiger charge is 2.25. The Morgan fingerprint density at radius 3 is 2.91 bits per heavy atom. The van der Waals surface area contributed by atoms with Gasteiger partial charge in [0.15, 0.2) is 10.9 Å².